The number of nitrogens with one attached hydrogen (secondary N) is 1. The molecule has 2 rings (SSSR count). The Hall–Kier alpha value is -0.670. The van der Waals surface area contributed by atoms with Crippen LogP contribution in [0.15, 0.2) is 24.3 Å². The minimum absolute atomic E-state index is 0.349. The van der Waals surface area contributed by atoms with Gasteiger partial charge < -0.3 is 10.4 Å². The lowest BCUT2D eigenvalue weighted by molar-refractivity contribution is 0.474. The maximum absolute atomic E-state index is 9.24. The lowest BCUT2D eigenvalue weighted by Crippen LogP contribution is -2.11. The van der Waals surface area contributed by atoms with E-state index in [1.165, 1.54) is 0 Å². The van der Waals surface area contributed by atoms with Crippen LogP contribution in [0.1, 0.15) is 10.9 Å². The molecule has 0 saturated carbocycles. The van der Waals surface area contributed by atoms with Gasteiger partial charge in [-0.15, -0.1) is 11.8 Å². The third kappa shape index (κ3) is 1.57. The first-order chi connectivity index (χ1) is 5.86. The third-order valence-corrected chi connectivity index (χ3v) is 3.10. The summed E-state index contributed by atoms with van der Waals surface area (Å²) >= 11 is 1.88. The highest BCUT2D eigenvalue weighted by atomic mass is 32.2. The van der Waals surface area contributed by atoms with E-state index >= 15 is 0 Å². The standard InChI is InChI=1S/C9H11NOS/c11-8-3-1-2-7(6-8)9-10-4-5-12-9/h1-3,6,9-11H,4-5H2. The van der Waals surface area contributed by atoms with E-state index in [0.29, 0.717) is 11.1 Å². The van der Waals surface area contributed by atoms with Gasteiger partial charge >= 0.3 is 0 Å². The second-order valence-corrected chi connectivity index (χ2v) is 4.01. The molecule has 2 N–H and O–H groups in total. The van der Waals surface area contributed by atoms with Gasteiger partial charge in [-0.05, 0) is 17.7 Å². The Morgan fingerprint density at radius 2 is 2.42 bits per heavy atom. The normalized spacial score (nSPS) is 22.8. The molecule has 1 fully saturated rings. The lowest BCUT2D eigenvalue weighted by Gasteiger charge is -2.09. The Kier molecular flexibility index (Phi) is 2.23. The van der Waals surface area contributed by atoms with Gasteiger partial charge in [0.15, 0.2) is 0 Å². The van der Waals surface area contributed by atoms with Crippen molar-refractivity contribution in [2.75, 3.05) is 12.3 Å². The van der Waals surface area contributed by atoms with Gasteiger partial charge in [-0.25, -0.2) is 0 Å². The zero-order chi connectivity index (χ0) is 8.39. The van der Waals surface area contributed by atoms with Crippen LogP contribution in [0.3, 0.4) is 0 Å². The van der Waals surface area contributed by atoms with Crippen LogP contribution in [0.2, 0.25) is 0 Å². The summed E-state index contributed by atoms with van der Waals surface area (Å²) in [5.74, 6) is 1.50. The Morgan fingerprint density at radius 1 is 1.50 bits per heavy atom. The molecule has 12 heavy (non-hydrogen) atoms. The van der Waals surface area contributed by atoms with Crippen molar-refractivity contribution in [1.29, 1.82) is 0 Å². The summed E-state index contributed by atoms with van der Waals surface area (Å²) in [6.07, 6.45) is 0. The van der Waals surface area contributed by atoms with Gasteiger partial charge in [0.25, 0.3) is 0 Å². The molecule has 0 amide bonds. The summed E-state index contributed by atoms with van der Waals surface area (Å²) in [5, 5.41) is 13.0. The molecule has 1 aliphatic heterocycles. The predicted octanol–water partition coefficient (Wildman–Crippen LogP) is 1.73. The maximum atomic E-state index is 9.24. The number of hydrogen-bond donors (Lipinski definition) is 2. The average molecular weight is 181 g/mol. The summed E-state index contributed by atoms with van der Waals surface area (Å²) in [6.45, 7) is 1.06. The summed E-state index contributed by atoms with van der Waals surface area (Å²) in [5.41, 5.74) is 1.16. The van der Waals surface area contributed by atoms with Gasteiger partial charge in [0.05, 0.1) is 5.37 Å². The quantitative estimate of drug-likeness (QED) is 0.692. The van der Waals surface area contributed by atoms with Crippen LogP contribution >= 0.6 is 11.8 Å². The van der Waals surface area contributed by atoms with Crippen LogP contribution in [0.4, 0.5) is 0 Å². The van der Waals surface area contributed by atoms with E-state index in [9.17, 15) is 5.11 Å². The Bertz CT molecular complexity index is 271. The highest BCUT2D eigenvalue weighted by Gasteiger charge is 2.16. The van der Waals surface area contributed by atoms with Crippen LogP contribution in [0.25, 0.3) is 0 Å². The number of thioether (sulfide) groups is 1. The first kappa shape index (κ1) is 7.95. The van der Waals surface area contributed by atoms with Crippen LogP contribution in [-0.2, 0) is 0 Å². The molecule has 0 spiro atoms. The van der Waals surface area contributed by atoms with Gasteiger partial charge in [-0.1, -0.05) is 12.1 Å². The van der Waals surface area contributed by atoms with E-state index in [0.717, 1.165) is 17.9 Å². The molecule has 1 saturated heterocycles. The lowest BCUT2D eigenvalue weighted by atomic mass is 10.2. The van der Waals surface area contributed by atoms with Gasteiger partial charge in [0.2, 0.25) is 0 Å². The van der Waals surface area contributed by atoms with Gasteiger partial charge in [0.1, 0.15) is 5.75 Å². The zero-order valence-electron chi connectivity index (χ0n) is 6.66. The Labute approximate surface area is 76.0 Å². The molecule has 1 aromatic carbocycles. The molecular weight excluding hydrogens is 170 g/mol. The number of benzene rings is 1. The topological polar surface area (TPSA) is 32.3 Å². The van der Waals surface area contributed by atoms with E-state index in [-0.39, 0.29) is 0 Å². The molecule has 0 bridgehead atoms. The van der Waals surface area contributed by atoms with Crippen molar-refractivity contribution >= 4 is 11.8 Å². The molecule has 0 aliphatic carbocycles. The highest BCUT2D eigenvalue weighted by molar-refractivity contribution is 7.99. The maximum Gasteiger partial charge on any atom is 0.115 e. The highest BCUT2D eigenvalue weighted by Crippen LogP contribution is 2.30. The van der Waals surface area contributed by atoms with Crippen molar-refractivity contribution in [1.82, 2.24) is 5.32 Å². The van der Waals surface area contributed by atoms with Crippen molar-refractivity contribution in [2.45, 2.75) is 5.37 Å². The van der Waals surface area contributed by atoms with Crippen LogP contribution in [0.5, 0.6) is 5.75 Å². The molecule has 1 heterocycles. The smallest absolute Gasteiger partial charge is 0.115 e. The summed E-state index contributed by atoms with van der Waals surface area (Å²) in [6, 6.07) is 7.43. The third-order valence-electron chi connectivity index (χ3n) is 1.89. The minimum Gasteiger partial charge on any atom is -0.508 e. The van der Waals surface area contributed by atoms with Crippen molar-refractivity contribution in [2.24, 2.45) is 0 Å². The first-order valence-electron chi connectivity index (χ1n) is 4.00. The fraction of sp³-hybridized carbons (Fsp3) is 0.333. The fourth-order valence-corrected chi connectivity index (χ4v) is 2.37. The molecule has 0 radical (unpaired) electrons. The average Bonchev–Trinajstić information content (AvgIpc) is 2.56. The predicted molar refractivity (Wildman–Crippen MR) is 51.3 cm³/mol. The van der Waals surface area contributed by atoms with Gasteiger partial charge in [-0.2, -0.15) is 0 Å². The number of rotatable bonds is 1. The van der Waals surface area contributed by atoms with Gasteiger partial charge in [-0.3, -0.25) is 0 Å². The summed E-state index contributed by atoms with van der Waals surface area (Å²) in [4.78, 5) is 0. The van der Waals surface area contributed by atoms with Crippen LogP contribution in [-0.4, -0.2) is 17.4 Å². The molecule has 2 nitrogen and oxygen atoms in total. The second kappa shape index (κ2) is 3.37. The molecule has 1 aromatic rings. The second-order valence-electron chi connectivity index (χ2n) is 2.80. The molecule has 1 unspecified atom stereocenters. The largest absolute Gasteiger partial charge is 0.508 e. The first-order valence-corrected chi connectivity index (χ1v) is 5.05. The van der Waals surface area contributed by atoms with E-state index in [1.54, 1.807) is 6.07 Å². The molecule has 0 aromatic heterocycles. The van der Waals surface area contributed by atoms with Crippen molar-refractivity contribution < 1.29 is 5.11 Å². The SMILES string of the molecule is Oc1cccc(C2NCCS2)c1. The molecule has 64 valence electrons. The monoisotopic (exact) mass is 181 g/mol. The van der Waals surface area contributed by atoms with Crippen LogP contribution in [0, 0.1) is 0 Å². The zero-order valence-corrected chi connectivity index (χ0v) is 7.47. The number of phenolic OH excluding ortho intramolecular Hbond substituents is 1. The number of hydrogen-bond acceptors (Lipinski definition) is 3. The van der Waals surface area contributed by atoms with E-state index in [2.05, 4.69) is 5.32 Å². The molecule has 1 atom stereocenters. The molecular formula is C9H11NOS. The number of aromatic hydroxyl groups is 1. The number of phenols is 1. The van der Waals surface area contributed by atoms with Gasteiger partial charge in [0, 0.05) is 12.3 Å². The van der Waals surface area contributed by atoms with Crippen molar-refractivity contribution in [3.8, 4) is 5.75 Å². The summed E-state index contributed by atoms with van der Waals surface area (Å²) in [7, 11) is 0. The van der Waals surface area contributed by atoms with Crippen molar-refractivity contribution in [3.05, 3.63) is 29.8 Å². The minimum atomic E-state index is 0.349. The van der Waals surface area contributed by atoms with Crippen LogP contribution < -0.4 is 5.32 Å². The van der Waals surface area contributed by atoms with E-state index in [4.69, 9.17) is 0 Å². The van der Waals surface area contributed by atoms with E-state index in [1.807, 2.05) is 30.0 Å². The Balaban J connectivity index is 2.21. The van der Waals surface area contributed by atoms with E-state index < -0.39 is 0 Å². The molecule has 1 aliphatic rings. The Morgan fingerprint density at radius 3 is 3.08 bits per heavy atom. The summed E-state index contributed by atoms with van der Waals surface area (Å²) < 4.78 is 0. The molecule has 3 heteroatoms. The fourth-order valence-electron chi connectivity index (χ4n) is 1.33. The van der Waals surface area contributed by atoms with Crippen molar-refractivity contribution in [3.63, 3.8) is 0 Å².